The van der Waals surface area contributed by atoms with Gasteiger partial charge in [0.1, 0.15) is 5.75 Å². The number of hydrogen-bond donors (Lipinski definition) is 2. The highest BCUT2D eigenvalue weighted by Crippen LogP contribution is 2.22. The average molecular weight is 498 g/mol. The zero-order valence-corrected chi connectivity index (χ0v) is 19.5. The second-order valence-electron chi connectivity index (χ2n) is 7.13. The summed E-state index contributed by atoms with van der Waals surface area (Å²) >= 11 is 3.47. The number of morpholine rings is 1. The fourth-order valence-electron chi connectivity index (χ4n) is 3.11. The first-order chi connectivity index (χ1) is 15.6. The van der Waals surface area contributed by atoms with Gasteiger partial charge in [-0.1, -0.05) is 33.6 Å². The molecule has 0 radical (unpaired) electrons. The van der Waals surface area contributed by atoms with Gasteiger partial charge < -0.3 is 19.7 Å². The van der Waals surface area contributed by atoms with Crippen LogP contribution in [0.25, 0.3) is 0 Å². The SMILES string of the molecule is COc1ccc(Br)cc1C=NNc1nc(Nc2ccc(C)cc2)nc(N2CCOCC2)n1. The molecule has 0 saturated carbocycles. The largest absolute Gasteiger partial charge is 0.496 e. The first-order valence-corrected chi connectivity index (χ1v) is 10.9. The molecule has 1 aromatic heterocycles. The quantitative estimate of drug-likeness (QED) is 0.373. The van der Waals surface area contributed by atoms with Crippen molar-refractivity contribution in [2.45, 2.75) is 6.92 Å². The molecule has 1 fully saturated rings. The number of ether oxygens (including phenoxy) is 2. The Kier molecular flexibility index (Phi) is 7.13. The van der Waals surface area contributed by atoms with E-state index in [1.165, 1.54) is 5.56 Å². The van der Waals surface area contributed by atoms with Crippen molar-refractivity contribution in [1.29, 1.82) is 0 Å². The van der Waals surface area contributed by atoms with Gasteiger partial charge in [-0.25, -0.2) is 5.43 Å². The first-order valence-electron chi connectivity index (χ1n) is 10.2. The fourth-order valence-corrected chi connectivity index (χ4v) is 3.49. The Morgan fingerprint density at radius 2 is 1.81 bits per heavy atom. The Balaban J connectivity index is 1.58. The van der Waals surface area contributed by atoms with Crippen LogP contribution in [0.4, 0.5) is 23.5 Å². The summed E-state index contributed by atoms with van der Waals surface area (Å²) in [5.41, 5.74) is 5.80. The summed E-state index contributed by atoms with van der Waals surface area (Å²) in [7, 11) is 1.62. The number of aromatic nitrogens is 3. The maximum absolute atomic E-state index is 5.45. The third kappa shape index (κ3) is 5.71. The van der Waals surface area contributed by atoms with Crippen molar-refractivity contribution in [3.8, 4) is 5.75 Å². The summed E-state index contributed by atoms with van der Waals surface area (Å²) in [5, 5.41) is 7.55. The number of hydrogen-bond acceptors (Lipinski definition) is 9. The molecule has 166 valence electrons. The van der Waals surface area contributed by atoms with E-state index in [0.717, 1.165) is 15.7 Å². The van der Waals surface area contributed by atoms with Gasteiger partial charge in [-0.2, -0.15) is 20.1 Å². The number of benzene rings is 2. The molecule has 0 amide bonds. The topological polar surface area (TPSA) is 96.8 Å². The minimum atomic E-state index is 0.335. The third-order valence-electron chi connectivity index (χ3n) is 4.79. The highest BCUT2D eigenvalue weighted by Gasteiger charge is 2.16. The maximum Gasteiger partial charge on any atom is 0.250 e. The Bertz CT molecular complexity index is 1090. The summed E-state index contributed by atoms with van der Waals surface area (Å²) < 4.78 is 11.8. The summed E-state index contributed by atoms with van der Waals surface area (Å²) in [4.78, 5) is 15.7. The van der Waals surface area contributed by atoms with E-state index < -0.39 is 0 Å². The molecule has 0 bridgehead atoms. The van der Waals surface area contributed by atoms with Crippen LogP contribution < -0.4 is 20.4 Å². The van der Waals surface area contributed by atoms with Crippen molar-refractivity contribution >= 4 is 45.7 Å². The van der Waals surface area contributed by atoms with Crippen LogP contribution in [-0.2, 0) is 4.74 Å². The van der Waals surface area contributed by atoms with Crippen molar-refractivity contribution in [2.75, 3.05) is 49.1 Å². The molecule has 0 aliphatic carbocycles. The molecule has 9 nitrogen and oxygen atoms in total. The predicted octanol–water partition coefficient (Wildman–Crippen LogP) is 3.98. The summed E-state index contributed by atoms with van der Waals surface area (Å²) in [6, 6.07) is 13.7. The highest BCUT2D eigenvalue weighted by atomic mass is 79.9. The molecule has 0 atom stereocenters. The molecule has 1 saturated heterocycles. The van der Waals surface area contributed by atoms with Gasteiger partial charge in [0.2, 0.25) is 17.8 Å². The molecule has 10 heteroatoms. The van der Waals surface area contributed by atoms with Gasteiger partial charge in [-0.3, -0.25) is 0 Å². The standard InChI is InChI=1S/C22H24BrN7O2/c1-15-3-6-18(7-4-15)25-20-26-21(28-22(27-20)30-9-11-32-12-10-30)29-24-14-16-13-17(23)5-8-19(16)31-2/h3-8,13-14H,9-12H2,1-2H3,(H2,25,26,27,28,29). The number of nitrogens with one attached hydrogen (secondary N) is 2. The van der Waals surface area contributed by atoms with Gasteiger partial charge in [-0.05, 0) is 37.3 Å². The van der Waals surface area contributed by atoms with E-state index in [0.29, 0.717) is 49.9 Å². The van der Waals surface area contributed by atoms with E-state index >= 15 is 0 Å². The van der Waals surface area contributed by atoms with Gasteiger partial charge in [0.25, 0.3) is 0 Å². The van der Waals surface area contributed by atoms with Crippen molar-refractivity contribution in [3.05, 3.63) is 58.1 Å². The zero-order chi connectivity index (χ0) is 22.3. The lowest BCUT2D eigenvalue weighted by atomic mass is 10.2. The summed E-state index contributed by atoms with van der Waals surface area (Å²) in [6.45, 7) is 4.74. The van der Waals surface area contributed by atoms with Crippen molar-refractivity contribution in [3.63, 3.8) is 0 Å². The summed E-state index contributed by atoms with van der Waals surface area (Å²) in [5.74, 6) is 2.05. The lowest BCUT2D eigenvalue weighted by molar-refractivity contribution is 0.122. The van der Waals surface area contributed by atoms with E-state index in [-0.39, 0.29) is 0 Å². The molecular formula is C22H24BrN7O2. The van der Waals surface area contributed by atoms with E-state index in [1.54, 1.807) is 13.3 Å². The Morgan fingerprint density at radius 1 is 1.06 bits per heavy atom. The fraction of sp³-hybridized carbons (Fsp3) is 0.273. The Hall–Kier alpha value is -3.24. The minimum absolute atomic E-state index is 0.335. The van der Waals surface area contributed by atoms with Crippen LogP contribution in [0.3, 0.4) is 0 Å². The number of halogens is 1. The monoisotopic (exact) mass is 497 g/mol. The lowest BCUT2D eigenvalue weighted by Gasteiger charge is -2.27. The van der Waals surface area contributed by atoms with Gasteiger partial charge >= 0.3 is 0 Å². The Morgan fingerprint density at radius 3 is 2.56 bits per heavy atom. The van der Waals surface area contributed by atoms with Crippen molar-refractivity contribution < 1.29 is 9.47 Å². The van der Waals surface area contributed by atoms with Crippen LogP contribution in [0.1, 0.15) is 11.1 Å². The molecule has 0 spiro atoms. The van der Waals surface area contributed by atoms with Gasteiger partial charge in [0.15, 0.2) is 0 Å². The molecule has 2 heterocycles. The van der Waals surface area contributed by atoms with Crippen LogP contribution in [-0.4, -0.2) is 54.6 Å². The van der Waals surface area contributed by atoms with Crippen LogP contribution in [0.15, 0.2) is 52.0 Å². The van der Waals surface area contributed by atoms with Crippen LogP contribution in [0, 0.1) is 6.92 Å². The smallest absolute Gasteiger partial charge is 0.250 e. The molecule has 1 aliphatic heterocycles. The molecule has 4 rings (SSSR count). The van der Waals surface area contributed by atoms with Crippen LogP contribution >= 0.6 is 15.9 Å². The van der Waals surface area contributed by atoms with E-state index in [4.69, 9.17) is 9.47 Å². The second kappa shape index (κ2) is 10.4. The summed E-state index contributed by atoms with van der Waals surface area (Å²) in [6.07, 6.45) is 1.66. The van der Waals surface area contributed by atoms with Crippen LogP contribution in [0.2, 0.25) is 0 Å². The number of hydrazone groups is 1. The van der Waals surface area contributed by atoms with E-state index in [2.05, 4.69) is 51.6 Å². The molecule has 2 N–H and O–H groups in total. The zero-order valence-electron chi connectivity index (χ0n) is 17.9. The highest BCUT2D eigenvalue weighted by molar-refractivity contribution is 9.10. The normalized spacial score (nSPS) is 13.9. The molecule has 32 heavy (non-hydrogen) atoms. The van der Waals surface area contributed by atoms with Gasteiger partial charge in [0, 0.05) is 28.8 Å². The Labute approximate surface area is 195 Å². The maximum atomic E-state index is 5.45. The molecule has 0 unspecified atom stereocenters. The van der Waals surface area contributed by atoms with Gasteiger partial charge in [0.05, 0.1) is 26.5 Å². The predicted molar refractivity (Wildman–Crippen MR) is 129 cm³/mol. The number of rotatable bonds is 7. The molecular weight excluding hydrogens is 474 g/mol. The first kappa shape index (κ1) is 22.0. The van der Waals surface area contributed by atoms with Crippen LogP contribution in [0.5, 0.6) is 5.75 Å². The number of aryl methyl sites for hydroxylation is 1. The van der Waals surface area contributed by atoms with Crippen molar-refractivity contribution in [1.82, 2.24) is 15.0 Å². The number of nitrogens with zero attached hydrogens (tertiary/aromatic N) is 5. The molecule has 1 aliphatic rings. The number of anilines is 4. The lowest BCUT2D eigenvalue weighted by Crippen LogP contribution is -2.37. The van der Waals surface area contributed by atoms with Crippen molar-refractivity contribution in [2.24, 2.45) is 5.10 Å². The third-order valence-corrected chi connectivity index (χ3v) is 5.28. The molecule has 2 aromatic carbocycles. The minimum Gasteiger partial charge on any atom is -0.496 e. The number of methoxy groups -OCH3 is 1. The van der Waals surface area contributed by atoms with Gasteiger partial charge in [-0.15, -0.1) is 0 Å². The molecule has 3 aromatic rings. The second-order valence-corrected chi connectivity index (χ2v) is 8.05. The van der Waals surface area contributed by atoms with E-state index in [9.17, 15) is 0 Å². The average Bonchev–Trinajstić information content (AvgIpc) is 2.81. The van der Waals surface area contributed by atoms with E-state index in [1.807, 2.05) is 49.4 Å².